The van der Waals surface area contributed by atoms with Crippen molar-refractivity contribution >= 4 is 38.7 Å². The number of amides is 2. The quantitative estimate of drug-likeness (QED) is 0.252. The molecule has 0 aliphatic heterocycles. The van der Waals surface area contributed by atoms with Gasteiger partial charge >= 0.3 is 6.09 Å². The maximum Gasteiger partial charge on any atom is 0.410 e. The number of hydrogen-bond acceptors (Lipinski definition) is 6. The summed E-state index contributed by atoms with van der Waals surface area (Å²) in [6, 6.07) is 18.5. The largest absolute Gasteiger partial charge is 0.444 e. The first-order chi connectivity index (χ1) is 19.7. The summed E-state index contributed by atoms with van der Waals surface area (Å²) in [5.74, 6) is -0.140. The third kappa shape index (κ3) is 6.65. The fourth-order valence-electron chi connectivity index (χ4n) is 4.76. The fourth-order valence-corrected chi connectivity index (χ4v) is 6.28. The van der Waals surface area contributed by atoms with Crippen molar-refractivity contribution in [2.45, 2.75) is 64.5 Å². The van der Waals surface area contributed by atoms with Gasteiger partial charge in [0.25, 0.3) is 10.0 Å². The van der Waals surface area contributed by atoms with Gasteiger partial charge < -0.3 is 10.1 Å². The standard InChI is InChI=1S/C32H38N4O5S/c1-21(2)19-28(35(7)31(38)41-32(4,5)6)30(37)34-24-15-13-23(14-16-24)26-17-18-33-29-27(26)20-22(3)36(29)42(39,40)25-11-9-8-10-12-25/h8-18,20-21,28H,19H2,1-7H3,(H,34,37)/t28-/m1/s1. The number of hydrogen-bond donors (Lipinski definition) is 1. The third-order valence-corrected chi connectivity index (χ3v) is 8.54. The van der Waals surface area contributed by atoms with Crippen molar-refractivity contribution in [1.82, 2.24) is 13.9 Å². The van der Waals surface area contributed by atoms with E-state index in [0.29, 0.717) is 28.8 Å². The van der Waals surface area contributed by atoms with Gasteiger partial charge in [0.15, 0.2) is 5.65 Å². The first kappa shape index (κ1) is 30.8. The molecule has 42 heavy (non-hydrogen) atoms. The second-order valence-corrected chi connectivity index (χ2v) is 13.6. The Morgan fingerprint density at radius 3 is 2.26 bits per heavy atom. The molecule has 4 aromatic rings. The van der Waals surface area contributed by atoms with E-state index in [2.05, 4.69) is 10.3 Å². The average molecular weight is 591 g/mol. The SMILES string of the molecule is Cc1cc2c(-c3ccc(NC(=O)[C@@H](CC(C)C)N(C)C(=O)OC(C)(C)C)cc3)ccnc2n1S(=O)(=O)c1ccccc1. The Kier molecular flexibility index (Phi) is 8.77. The number of aryl methyl sites for hydroxylation is 1. The molecule has 1 atom stereocenters. The predicted molar refractivity (Wildman–Crippen MR) is 165 cm³/mol. The van der Waals surface area contributed by atoms with Gasteiger partial charge in [-0.1, -0.05) is 44.2 Å². The fraction of sp³-hybridized carbons (Fsp3) is 0.344. The van der Waals surface area contributed by atoms with Crippen LogP contribution in [0.3, 0.4) is 0 Å². The van der Waals surface area contributed by atoms with Crippen molar-refractivity contribution in [3.63, 3.8) is 0 Å². The van der Waals surface area contributed by atoms with Gasteiger partial charge in [-0.2, -0.15) is 0 Å². The molecular formula is C32H38N4O5S. The minimum absolute atomic E-state index is 0.170. The van der Waals surface area contributed by atoms with Gasteiger partial charge in [-0.25, -0.2) is 22.2 Å². The van der Waals surface area contributed by atoms with Crippen LogP contribution in [0.25, 0.3) is 22.2 Å². The number of carbonyl (C=O) groups excluding carboxylic acids is 2. The van der Waals surface area contributed by atoms with Crippen molar-refractivity contribution in [2.24, 2.45) is 5.92 Å². The van der Waals surface area contributed by atoms with Crippen LogP contribution in [0.4, 0.5) is 10.5 Å². The zero-order valence-corrected chi connectivity index (χ0v) is 25.9. The van der Waals surface area contributed by atoms with Gasteiger partial charge in [0, 0.05) is 30.0 Å². The van der Waals surface area contributed by atoms with Crippen LogP contribution >= 0.6 is 0 Å². The molecule has 9 nitrogen and oxygen atoms in total. The van der Waals surface area contributed by atoms with E-state index in [-0.39, 0.29) is 16.7 Å². The van der Waals surface area contributed by atoms with Crippen molar-refractivity contribution < 1.29 is 22.7 Å². The number of likely N-dealkylation sites (N-methyl/N-ethyl adjacent to an activating group) is 1. The summed E-state index contributed by atoms with van der Waals surface area (Å²) in [6.45, 7) is 11.1. The number of pyridine rings is 1. The Bertz CT molecular complexity index is 1690. The second-order valence-electron chi connectivity index (χ2n) is 11.8. The smallest absolute Gasteiger partial charge is 0.410 e. The lowest BCUT2D eigenvalue weighted by Gasteiger charge is -2.31. The van der Waals surface area contributed by atoms with Gasteiger partial charge in [-0.3, -0.25) is 9.69 Å². The molecule has 2 aromatic carbocycles. The molecule has 4 rings (SSSR count). The lowest BCUT2D eigenvalue weighted by Crippen LogP contribution is -2.47. The summed E-state index contributed by atoms with van der Waals surface area (Å²) < 4.78 is 33.7. The highest BCUT2D eigenvalue weighted by atomic mass is 32.2. The number of carbonyl (C=O) groups is 2. The topological polar surface area (TPSA) is 111 Å². The molecule has 0 fully saturated rings. The molecule has 0 bridgehead atoms. The molecule has 0 saturated heterocycles. The van der Waals surface area contributed by atoms with E-state index < -0.39 is 27.8 Å². The predicted octanol–water partition coefficient (Wildman–Crippen LogP) is 6.47. The van der Waals surface area contributed by atoms with E-state index in [9.17, 15) is 18.0 Å². The van der Waals surface area contributed by atoms with Crippen molar-refractivity contribution in [3.8, 4) is 11.1 Å². The summed E-state index contributed by atoms with van der Waals surface area (Å²) in [5.41, 5.74) is 2.42. The zero-order valence-electron chi connectivity index (χ0n) is 25.1. The average Bonchev–Trinajstić information content (AvgIpc) is 3.27. The minimum atomic E-state index is -3.84. The lowest BCUT2D eigenvalue weighted by atomic mass is 10.0. The summed E-state index contributed by atoms with van der Waals surface area (Å²) in [4.78, 5) is 32.0. The van der Waals surface area contributed by atoms with Gasteiger partial charge in [0.05, 0.1) is 4.90 Å². The Balaban J connectivity index is 1.60. The Labute approximate surface area is 247 Å². The van der Waals surface area contributed by atoms with E-state index >= 15 is 0 Å². The monoisotopic (exact) mass is 590 g/mol. The van der Waals surface area contributed by atoms with Crippen LogP contribution in [-0.4, -0.2) is 53.0 Å². The van der Waals surface area contributed by atoms with Crippen molar-refractivity contribution in [1.29, 1.82) is 0 Å². The number of benzene rings is 2. The molecule has 2 amide bonds. The number of anilines is 1. The Morgan fingerprint density at radius 2 is 1.67 bits per heavy atom. The van der Waals surface area contributed by atoms with Crippen molar-refractivity contribution in [3.05, 3.63) is 78.6 Å². The number of fused-ring (bicyclic) bond motifs is 1. The van der Waals surface area contributed by atoms with Crippen LogP contribution in [0.15, 0.2) is 77.8 Å². The highest BCUT2D eigenvalue weighted by Gasteiger charge is 2.31. The van der Waals surface area contributed by atoms with Gasteiger partial charge in [-0.15, -0.1) is 0 Å². The highest BCUT2D eigenvalue weighted by Crippen LogP contribution is 2.32. The molecule has 0 spiro atoms. The van der Waals surface area contributed by atoms with Crippen LogP contribution in [0.2, 0.25) is 0 Å². The van der Waals surface area contributed by atoms with E-state index in [1.165, 1.54) is 8.87 Å². The molecule has 2 heterocycles. The normalized spacial score (nSPS) is 12.8. The molecule has 0 unspecified atom stereocenters. The molecule has 0 aliphatic carbocycles. The third-order valence-electron chi connectivity index (χ3n) is 6.73. The van der Waals surface area contributed by atoms with E-state index in [1.807, 2.05) is 38.1 Å². The van der Waals surface area contributed by atoms with Crippen LogP contribution in [-0.2, 0) is 19.6 Å². The second kappa shape index (κ2) is 12.0. The molecule has 1 N–H and O–H groups in total. The van der Waals surface area contributed by atoms with Crippen LogP contribution in [0, 0.1) is 12.8 Å². The summed E-state index contributed by atoms with van der Waals surface area (Å²) in [6.07, 6.45) is 1.50. The van der Waals surface area contributed by atoms with Gasteiger partial charge in [0.1, 0.15) is 11.6 Å². The number of rotatable bonds is 8. The lowest BCUT2D eigenvalue weighted by molar-refractivity contribution is -0.121. The van der Waals surface area contributed by atoms with Crippen molar-refractivity contribution in [2.75, 3.05) is 12.4 Å². The van der Waals surface area contributed by atoms with Gasteiger partial charge in [0.2, 0.25) is 5.91 Å². The highest BCUT2D eigenvalue weighted by molar-refractivity contribution is 7.90. The van der Waals surface area contributed by atoms with E-state index in [4.69, 9.17) is 4.74 Å². The number of nitrogens with one attached hydrogen (secondary N) is 1. The minimum Gasteiger partial charge on any atom is -0.444 e. The van der Waals surface area contributed by atoms with E-state index in [1.54, 1.807) is 83.4 Å². The molecule has 222 valence electrons. The van der Waals surface area contributed by atoms with Crippen LogP contribution < -0.4 is 5.32 Å². The molecule has 0 radical (unpaired) electrons. The number of nitrogens with zero attached hydrogens (tertiary/aromatic N) is 3. The molecular weight excluding hydrogens is 552 g/mol. The van der Waals surface area contributed by atoms with E-state index in [0.717, 1.165) is 11.1 Å². The number of aromatic nitrogens is 2. The molecule has 10 heteroatoms. The molecule has 2 aromatic heterocycles. The van der Waals surface area contributed by atoms with Gasteiger partial charge in [-0.05, 0) is 87.6 Å². The maximum atomic E-state index is 13.5. The van der Waals surface area contributed by atoms with Crippen LogP contribution in [0.1, 0.15) is 46.7 Å². The number of ether oxygens (including phenoxy) is 1. The zero-order chi connectivity index (χ0) is 30.8. The first-order valence-electron chi connectivity index (χ1n) is 13.8. The summed E-state index contributed by atoms with van der Waals surface area (Å²) >= 11 is 0. The molecule has 0 aliphatic rings. The van der Waals surface area contributed by atoms with Crippen LogP contribution in [0.5, 0.6) is 0 Å². The summed E-state index contributed by atoms with van der Waals surface area (Å²) in [7, 11) is -2.27. The maximum absolute atomic E-state index is 13.5. The Hall–Kier alpha value is -4.18. The summed E-state index contributed by atoms with van der Waals surface area (Å²) in [5, 5.41) is 3.63. The first-order valence-corrected chi connectivity index (χ1v) is 15.3. The molecule has 0 saturated carbocycles. The Morgan fingerprint density at radius 1 is 1.02 bits per heavy atom.